The zero-order chi connectivity index (χ0) is 26.7. The van der Waals surface area contributed by atoms with E-state index in [1.807, 2.05) is 37.3 Å². The van der Waals surface area contributed by atoms with Crippen LogP contribution >= 0.6 is 12.6 Å². The van der Waals surface area contributed by atoms with Crippen LogP contribution in [0.4, 0.5) is 0 Å². The Hall–Kier alpha value is -3.38. The van der Waals surface area contributed by atoms with Crippen molar-refractivity contribution in [3.8, 4) is 0 Å². The second kappa shape index (κ2) is 14.2. The molecule has 0 aliphatic carbocycles. The van der Waals surface area contributed by atoms with Crippen molar-refractivity contribution in [3.05, 3.63) is 54.1 Å². The van der Waals surface area contributed by atoms with E-state index in [9.17, 15) is 24.3 Å². The van der Waals surface area contributed by atoms with Crippen LogP contribution in [0.1, 0.15) is 31.5 Å². The van der Waals surface area contributed by atoms with E-state index < -0.39 is 47.9 Å². The van der Waals surface area contributed by atoms with Crippen molar-refractivity contribution in [2.75, 3.05) is 5.75 Å². The van der Waals surface area contributed by atoms with Crippen molar-refractivity contribution in [2.45, 2.75) is 57.3 Å². The van der Waals surface area contributed by atoms with Crippen LogP contribution in [0.3, 0.4) is 0 Å². The van der Waals surface area contributed by atoms with Crippen molar-refractivity contribution in [1.29, 1.82) is 0 Å². The molecular formula is C24H34N6O5S. The van der Waals surface area contributed by atoms with Gasteiger partial charge in [0.15, 0.2) is 0 Å². The van der Waals surface area contributed by atoms with Crippen molar-refractivity contribution in [2.24, 2.45) is 11.7 Å². The molecule has 0 radical (unpaired) electrons. The van der Waals surface area contributed by atoms with Gasteiger partial charge in [0, 0.05) is 30.5 Å². The number of benzene rings is 1. The molecule has 0 saturated heterocycles. The number of H-pyrrole nitrogens is 1. The summed E-state index contributed by atoms with van der Waals surface area (Å²) in [7, 11) is 0. The third-order valence-electron chi connectivity index (χ3n) is 5.84. The van der Waals surface area contributed by atoms with E-state index in [0.717, 1.165) is 5.56 Å². The molecule has 0 bridgehead atoms. The molecule has 1 aromatic heterocycles. The van der Waals surface area contributed by atoms with Crippen LogP contribution in [-0.4, -0.2) is 68.7 Å². The summed E-state index contributed by atoms with van der Waals surface area (Å²) in [6, 6.07) is 4.92. The van der Waals surface area contributed by atoms with Gasteiger partial charge in [0.2, 0.25) is 17.7 Å². The Kier molecular flexibility index (Phi) is 11.4. The number of thiol groups is 1. The molecule has 2 rings (SSSR count). The van der Waals surface area contributed by atoms with Gasteiger partial charge in [0.25, 0.3) is 0 Å². The molecule has 36 heavy (non-hydrogen) atoms. The number of carbonyl (C=O) groups is 4. The van der Waals surface area contributed by atoms with E-state index >= 15 is 0 Å². The Morgan fingerprint density at radius 1 is 1.03 bits per heavy atom. The third kappa shape index (κ3) is 8.68. The lowest BCUT2D eigenvalue weighted by atomic mass is 9.96. The van der Waals surface area contributed by atoms with Crippen molar-refractivity contribution in [3.63, 3.8) is 0 Å². The fourth-order valence-corrected chi connectivity index (χ4v) is 3.62. The summed E-state index contributed by atoms with van der Waals surface area (Å²) < 4.78 is 0. The number of carboxylic acids is 1. The summed E-state index contributed by atoms with van der Waals surface area (Å²) in [5.41, 5.74) is 7.11. The second-order valence-electron chi connectivity index (χ2n) is 8.59. The molecular weight excluding hydrogens is 484 g/mol. The predicted molar refractivity (Wildman–Crippen MR) is 137 cm³/mol. The Balaban J connectivity index is 2.21. The summed E-state index contributed by atoms with van der Waals surface area (Å²) in [6.07, 6.45) is 3.60. The molecule has 7 N–H and O–H groups in total. The third-order valence-corrected chi connectivity index (χ3v) is 6.23. The van der Waals surface area contributed by atoms with Gasteiger partial charge in [-0.15, -0.1) is 0 Å². The van der Waals surface area contributed by atoms with Gasteiger partial charge in [-0.05, 0) is 11.5 Å². The fraction of sp³-hybridized carbons (Fsp3) is 0.458. The number of carbonyl (C=O) groups excluding carboxylic acids is 3. The van der Waals surface area contributed by atoms with Crippen LogP contribution < -0.4 is 21.7 Å². The number of aromatic nitrogens is 2. The molecule has 0 aliphatic rings. The van der Waals surface area contributed by atoms with Gasteiger partial charge < -0.3 is 31.8 Å². The molecule has 1 aromatic carbocycles. The molecule has 12 heteroatoms. The van der Waals surface area contributed by atoms with Crippen LogP contribution in [-0.2, 0) is 32.0 Å². The molecule has 3 amide bonds. The first-order chi connectivity index (χ1) is 17.2. The normalized spacial score (nSPS) is 15.1. The van der Waals surface area contributed by atoms with E-state index in [-0.39, 0.29) is 24.5 Å². The van der Waals surface area contributed by atoms with Crippen molar-refractivity contribution < 1.29 is 24.3 Å². The highest BCUT2D eigenvalue weighted by molar-refractivity contribution is 7.80. The average Bonchev–Trinajstić information content (AvgIpc) is 3.38. The number of aliphatic carboxylic acids is 1. The first kappa shape index (κ1) is 28.9. The molecule has 11 nitrogen and oxygen atoms in total. The lowest BCUT2D eigenvalue weighted by Gasteiger charge is -2.28. The van der Waals surface area contributed by atoms with Crippen LogP contribution in [0.15, 0.2) is 42.9 Å². The largest absolute Gasteiger partial charge is 0.480 e. The highest BCUT2D eigenvalue weighted by Crippen LogP contribution is 2.11. The van der Waals surface area contributed by atoms with Gasteiger partial charge in [0.1, 0.15) is 18.1 Å². The molecule has 5 atom stereocenters. The van der Waals surface area contributed by atoms with Gasteiger partial charge in [0.05, 0.1) is 12.4 Å². The van der Waals surface area contributed by atoms with Crippen LogP contribution in [0.25, 0.3) is 0 Å². The maximum atomic E-state index is 13.3. The summed E-state index contributed by atoms with van der Waals surface area (Å²) in [6.45, 7) is 3.63. The number of amides is 3. The predicted octanol–water partition coefficient (Wildman–Crippen LogP) is 0.0371. The number of nitrogens with one attached hydrogen (secondary N) is 4. The highest BCUT2D eigenvalue weighted by Gasteiger charge is 2.33. The van der Waals surface area contributed by atoms with E-state index in [1.165, 1.54) is 12.5 Å². The monoisotopic (exact) mass is 518 g/mol. The number of hydrogen-bond donors (Lipinski definition) is 7. The average molecular weight is 519 g/mol. The molecule has 0 saturated carbocycles. The van der Waals surface area contributed by atoms with Crippen molar-refractivity contribution >= 4 is 36.3 Å². The number of carboxylic acid groups (broad SMARTS) is 1. The van der Waals surface area contributed by atoms with E-state index in [1.54, 1.807) is 6.92 Å². The number of rotatable bonds is 14. The Labute approximate surface area is 215 Å². The zero-order valence-electron chi connectivity index (χ0n) is 20.3. The summed E-state index contributed by atoms with van der Waals surface area (Å²) in [4.78, 5) is 57.3. The smallest absolute Gasteiger partial charge is 0.326 e. The van der Waals surface area contributed by atoms with Gasteiger partial charge in [-0.2, -0.15) is 12.6 Å². The molecule has 1 heterocycles. The molecule has 5 unspecified atom stereocenters. The van der Waals surface area contributed by atoms with Crippen LogP contribution in [0, 0.1) is 5.92 Å². The Morgan fingerprint density at radius 2 is 1.69 bits per heavy atom. The minimum atomic E-state index is -1.23. The number of hydrogen-bond acceptors (Lipinski definition) is 7. The number of nitrogens with two attached hydrogens (primary N) is 1. The SMILES string of the molecule is CCC(C)C(NC(=O)C(Cc1ccccc1)NC(=O)C(N)CS)C(=O)NC(Cc1cnc[nH]1)C(=O)O. The van der Waals surface area contributed by atoms with E-state index in [2.05, 4.69) is 38.5 Å². The second-order valence-corrected chi connectivity index (χ2v) is 8.96. The zero-order valence-corrected chi connectivity index (χ0v) is 21.2. The summed E-state index contributed by atoms with van der Waals surface area (Å²) in [5, 5.41) is 17.5. The van der Waals surface area contributed by atoms with Gasteiger partial charge in [-0.3, -0.25) is 14.4 Å². The van der Waals surface area contributed by atoms with Gasteiger partial charge in [-0.1, -0.05) is 50.6 Å². The Bertz CT molecular complexity index is 1000. The van der Waals surface area contributed by atoms with E-state index in [0.29, 0.717) is 12.1 Å². The molecule has 2 aromatic rings. The highest BCUT2D eigenvalue weighted by atomic mass is 32.1. The lowest BCUT2D eigenvalue weighted by Crippen LogP contribution is -2.59. The van der Waals surface area contributed by atoms with Crippen LogP contribution in [0.2, 0.25) is 0 Å². The number of imidazole rings is 1. The molecule has 0 fully saturated rings. The maximum absolute atomic E-state index is 13.3. The fourth-order valence-electron chi connectivity index (χ4n) is 3.45. The first-order valence-corrected chi connectivity index (χ1v) is 12.3. The summed E-state index contributed by atoms with van der Waals surface area (Å²) in [5.74, 6) is -3.21. The van der Waals surface area contributed by atoms with Crippen molar-refractivity contribution in [1.82, 2.24) is 25.9 Å². The first-order valence-electron chi connectivity index (χ1n) is 11.7. The minimum Gasteiger partial charge on any atom is -0.480 e. The lowest BCUT2D eigenvalue weighted by molar-refractivity contribution is -0.142. The van der Waals surface area contributed by atoms with Gasteiger partial charge in [-0.25, -0.2) is 9.78 Å². The van der Waals surface area contributed by atoms with E-state index in [4.69, 9.17) is 5.73 Å². The number of nitrogens with zero attached hydrogens (tertiary/aromatic N) is 1. The molecule has 0 spiro atoms. The van der Waals surface area contributed by atoms with Gasteiger partial charge >= 0.3 is 5.97 Å². The quantitative estimate of drug-likeness (QED) is 0.172. The standard InChI is InChI=1S/C24H34N6O5S/c1-3-14(2)20(23(33)29-19(24(34)35)10-16-11-26-13-27-16)30-22(32)18(28-21(31)17(25)12-36)9-15-7-5-4-6-8-15/h4-8,11,13-14,17-20,36H,3,9-10,12,25H2,1-2H3,(H,26,27)(H,28,31)(H,29,33)(H,30,32)(H,34,35). The summed E-state index contributed by atoms with van der Waals surface area (Å²) >= 11 is 4.04. The topological polar surface area (TPSA) is 179 Å². The number of aromatic amines is 1. The molecule has 196 valence electrons. The molecule has 0 aliphatic heterocycles. The Morgan fingerprint density at radius 3 is 2.25 bits per heavy atom. The minimum absolute atomic E-state index is 0.00342. The van der Waals surface area contributed by atoms with Crippen LogP contribution in [0.5, 0.6) is 0 Å². The maximum Gasteiger partial charge on any atom is 0.326 e.